The van der Waals surface area contributed by atoms with Gasteiger partial charge in [-0.05, 0) is 48.0 Å². The molecule has 0 atom stereocenters. The lowest BCUT2D eigenvalue weighted by Gasteiger charge is -2.13. The van der Waals surface area contributed by atoms with E-state index in [-0.39, 0.29) is 34.3 Å². The van der Waals surface area contributed by atoms with Crippen molar-refractivity contribution in [3.8, 4) is 11.5 Å². The van der Waals surface area contributed by atoms with Gasteiger partial charge in [-0.25, -0.2) is 18.0 Å². The van der Waals surface area contributed by atoms with Gasteiger partial charge in [-0.15, -0.1) is 0 Å². The van der Waals surface area contributed by atoms with Gasteiger partial charge in [-0.1, -0.05) is 24.3 Å². The Bertz CT molecular complexity index is 1460. The number of aromatic carboxylic acids is 1. The normalized spacial score (nSPS) is 11.0. The number of sulfonamides is 1. The number of carboxylic acids is 2. The zero-order chi connectivity index (χ0) is 30.1. The zero-order valence-electron chi connectivity index (χ0n) is 20.7. The van der Waals surface area contributed by atoms with E-state index in [1.165, 1.54) is 49.6 Å². The highest BCUT2D eigenvalue weighted by Gasteiger charge is 2.38. The lowest BCUT2D eigenvalue weighted by Crippen LogP contribution is -2.21. The van der Waals surface area contributed by atoms with Crippen LogP contribution in [0, 0.1) is 5.41 Å². The first-order chi connectivity index (χ1) is 18.6. The van der Waals surface area contributed by atoms with Crippen LogP contribution in [-0.2, 0) is 21.2 Å². The van der Waals surface area contributed by atoms with Crippen LogP contribution in [0.4, 0.5) is 18.9 Å². The molecule has 3 aromatic rings. The lowest BCUT2D eigenvalue weighted by atomic mass is 10.1. The Morgan fingerprint density at radius 3 is 2.05 bits per heavy atom. The maximum absolute atomic E-state index is 12.6. The van der Waals surface area contributed by atoms with Crippen LogP contribution in [-0.4, -0.2) is 56.3 Å². The second-order valence-corrected chi connectivity index (χ2v) is 9.49. The van der Waals surface area contributed by atoms with Crippen molar-refractivity contribution in [2.24, 2.45) is 5.73 Å². The van der Waals surface area contributed by atoms with Crippen molar-refractivity contribution in [2.75, 3.05) is 18.4 Å². The summed E-state index contributed by atoms with van der Waals surface area (Å²) in [5.41, 5.74) is 6.90. The molecule has 0 radical (unpaired) electrons. The van der Waals surface area contributed by atoms with E-state index in [4.69, 9.17) is 30.5 Å². The molecule has 15 heteroatoms. The van der Waals surface area contributed by atoms with Crippen molar-refractivity contribution < 1.29 is 50.9 Å². The number of methoxy groups -OCH3 is 1. The molecule has 0 aliphatic carbocycles. The van der Waals surface area contributed by atoms with Crippen molar-refractivity contribution in [1.82, 2.24) is 0 Å². The Morgan fingerprint density at radius 1 is 1.00 bits per heavy atom. The molecule has 40 heavy (non-hydrogen) atoms. The molecule has 0 saturated carbocycles. The molecule has 3 rings (SSSR count). The van der Waals surface area contributed by atoms with Crippen molar-refractivity contribution in [2.45, 2.75) is 17.5 Å². The third kappa shape index (κ3) is 9.20. The smallest absolute Gasteiger partial charge is 0.490 e. The fraction of sp³-hybridized carbons (Fsp3) is 0.160. The molecule has 0 saturated heterocycles. The van der Waals surface area contributed by atoms with Crippen LogP contribution < -0.4 is 19.9 Å². The fourth-order valence-electron chi connectivity index (χ4n) is 2.99. The predicted molar refractivity (Wildman–Crippen MR) is 138 cm³/mol. The number of aliphatic carboxylic acids is 1. The van der Waals surface area contributed by atoms with Crippen molar-refractivity contribution in [1.29, 1.82) is 5.41 Å². The minimum atomic E-state index is -5.08. The van der Waals surface area contributed by atoms with Crippen molar-refractivity contribution in [3.63, 3.8) is 0 Å². The summed E-state index contributed by atoms with van der Waals surface area (Å²) in [6.45, 7) is 0.205. The minimum Gasteiger partial charge on any atom is -0.497 e. The molecule has 0 unspecified atom stereocenters. The number of nitrogens with one attached hydrogen (secondary N) is 2. The maximum Gasteiger partial charge on any atom is 0.490 e. The fourth-order valence-corrected chi connectivity index (χ4v) is 4.03. The van der Waals surface area contributed by atoms with Gasteiger partial charge in [0.1, 0.15) is 22.9 Å². The van der Waals surface area contributed by atoms with E-state index in [9.17, 15) is 31.5 Å². The van der Waals surface area contributed by atoms with Crippen LogP contribution >= 0.6 is 0 Å². The molecule has 3 aromatic carbocycles. The quantitative estimate of drug-likeness (QED) is 0.175. The number of hydrogen-bond acceptors (Lipinski definition) is 7. The first-order valence-electron chi connectivity index (χ1n) is 11.0. The van der Waals surface area contributed by atoms with E-state index in [0.29, 0.717) is 17.7 Å². The van der Waals surface area contributed by atoms with E-state index in [1.807, 2.05) is 12.1 Å². The number of carboxylic acid groups (broad SMARTS) is 2. The minimum absolute atomic E-state index is 0.0105. The number of rotatable bonds is 10. The van der Waals surface area contributed by atoms with Crippen LogP contribution in [0.1, 0.15) is 21.5 Å². The summed E-state index contributed by atoms with van der Waals surface area (Å²) in [6.07, 6.45) is -4.58. The van der Waals surface area contributed by atoms with Crippen LogP contribution in [0.15, 0.2) is 71.6 Å². The summed E-state index contributed by atoms with van der Waals surface area (Å²) < 4.78 is 70.0. The largest absolute Gasteiger partial charge is 0.497 e. The number of carbonyl (C=O) groups is 2. The van der Waals surface area contributed by atoms with Gasteiger partial charge in [0.15, 0.2) is 0 Å². The third-order valence-corrected chi connectivity index (χ3v) is 6.38. The van der Waals surface area contributed by atoms with Gasteiger partial charge in [-0.2, -0.15) is 13.2 Å². The Kier molecular flexibility index (Phi) is 10.5. The monoisotopic (exact) mass is 583 g/mol. The molecule has 6 N–H and O–H groups in total. The highest BCUT2D eigenvalue weighted by Crippen LogP contribution is 2.26. The average molecular weight is 584 g/mol. The maximum atomic E-state index is 12.6. The first kappa shape index (κ1) is 31.4. The molecule has 0 amide bonds. The summed E-state index contributed by atoms with van der Waals surface area (Å²) in [4.78, 5) is 20.6. The summed E-state index contributed by atoms with van der Waals surface area (Å²) in [5.74, 6) is -3.39. The third-order valence-electron chi connectivity index (χ3n) is 4.99. The average Bonchev–Trinajstić information content (AvgIpc) is 2.89. The van der Waals surface area contributed by atoms with Gasteiger partial charge in [0.05, 0.1) is 18.6 Å². The number of halogens is 3. The van der Waals surface area contributed by atoms with E-state index in [1.54, 1.807) is 12.1 Å². The van der Waals surface area contributed by atoms with Gasteiger partial charge in [-0.3, -0.25) is 10.1 Å². The molecular formula is C25H24F3N3O8S. The highest BCUT2D eigenvalue weighted by atomic mass is 32.2. The molecule has 0 heterocycles. The van der Waals surface area contributed by atoms with Crippen LogP contribution in [0.2, 0.25) is 0 Å². The molecule has 11 nitrogen and oxygen atoms in total. The number of hydrogen-bond donors (Lipinski definition) is 5. The summed E-state index contributed by atoms with van der Waals surface area (Å²) in [7, 11) is -2.44. The van der Waals surface area contributed by atoms with Crippen LogP contribution in [0.5, 0.6) is 11.5 Å². The molecule has 0 spiro atoms. The lowest BCUT2D eigenvalue weighted by molar-refractivity contribution is -0.192. The van der Waals surface area contributed by atoms with E-state index in [0.717, 1.165) is 5.56 Å². The Morgan fingerprint density at radius 2 is 1.57 bits per heavy atom. The van der Waals surface area contributed by atoms with Gasteiger partial charge >= 0.3 is 18.1 Å². The second kappa shape index (κ2) is 13.3. The van der Waals surface area contributed by atoms with Crippen molar-refractivity contribution >= 4 is 33.5 Å². The number of amidine groups is 1. The Labute approximate surface area is 226 Å². The number of benzene rings is 3. The Hall–Kier alpha value is -4.79. The van der Waals surface area contributed by atoms with E-state index in [2.05, 4.69) is 4.72 Å². The standard InChI is InChI=1S/C23H23N3O6S.C2HF3O2/c1-31-18-7-9-19(10-8-18)33(29,30)26-17-6-11-21(20(14-17)23(27)28)32-13-12-15-2-4-16(5-3-15)22(24)25;3-2(4,5)1(6)7/h2-11,14,26H,12-13H2,1H3,(H3,24,25)(H,27,28);(H,6,7). The molecule has 0 bridgehead atoms. The molecular weight excluding hydrogens is 559 g/mol. The van der Waals surface area contributed by atoms with Gasteiger partial charge in [0.25, 0.3) is 10.0 Å². The van der Waals surface area contributed by atoms with Gasteiger partial charge in [0.2, 0.25) is 0 Å². The first-order valence-corrected chi connectivity index (χ1v) is 12.5. The molecule has 0 aliphatic heterocycles. The van der Waals surface area contributed by atoms with Gasteiger partial charge in [0, 0.05) is 17.7 Å². The predicted octanol–water partition coefficient (Wildman–Crippen LogP) is 3.73. The van der Waals surface area contributed by atoms with Crippen LogP contribution in [0.3, 0.4) is 0 Å². The molecule has 0 fully saturated rings. The number of nitrogen functional groups attached to an aromatic ring is 1. The number of nitrogens with two attached hydrogens (primary N) is 1. The second-order valence-electron chi connectivity index (χ2n) is 7.81. The molecule has 214 valence electrons. The Balaban J connectivity index is 0.000000708. The zero-order valence-corrected chi connectivity index (χ0v) is 21.5. The topological polar surface area (TPSA) is 189 Å². The number of anilines is 1. The SMILES string of the molecule is COc1ccc(S(=O)(=O)Nc2ccc(OCCc3ccc(C(=N)N)cc3)c(C(=O)O)c2)cc1.O=C(O)C(F)(F)F. The van der Waals surface area contributed by atoms with Crippen LogP contribution in [0.25, 0.3) is 0 Å². The van der Waals surface area contributed by atoms with Crippen molar-refractivity contribution in [3.05, 3.63) is 83.4 Å². The number of alkyl halides is 3. The van der Waals surface area contributed by atoms with E-state index >= 15 is 0 Å². The van der Waals surface area contributed by atoms with Gasteiger partial charge < -0.3 is 25.4 Å². The summed E-state index contributed by atoms with van der Waals surface area (Å²) in [6, 6.07) is 16.9. The summed E-state index contributed by atoms with van der Waals surface area (Å²) in [5, 5.41) is 24.1. The summed E-state index contributed by atoms with van der Waals surface area (Å²) >= 11 is 0. The molecule has 0 aliphatic rings. The van der Waals surface area contributed by atoms with E-state index < -0.39 is 28.1 Å². The highest BCUT2D eigenvalue weighted by molar-refractivity contribution is 7.92. The number of ether oxygens (including phenoxy) is 2. The molecule has 0 aromatic heterocycles.